The number of benzene rings is 2. The van der Waals surface area contributed by atoms with Crippen LogP contribution in [0.25, 0.3) is 5.69 Å². The number of amides is 1. The van der Waals surface area contributed by atoms with Gasteiger partial charge in [0, 0.05) is 5.56 Å². The highest BCUT2D eigenvalue weighted by Crippen LogP contribution is 2.46. The SMILES string of the molecule is C#CCOc1ccc([C@H]2S[C@H](C)C(=O)Nc3c2c(C)nn3-c2ccc(OC)cc2)cc1. The lowest BCUT2D eigenvalue weighted by Gasteiger charge is -2.18. The van der Waals surface area contributed by atoms with Gasteiger partial charge in [0.05, 0.1) is 29.0 Å². The third kappa shape index (κ3) is 4.12. The van der Waals surface area contributed by atoms with Crippen LogP contribution in [0.5, 0.6) is 11.5 Å². The first-order valence-electron chi connectivity index (χ1n) is 9.88. The van der Waals surface area contributed by atoms with Crippen LogP contribution in [-0.4, -0.2) is 34.7 Å². The summed E-state index contributed by atoms with van der Waals surface area (Å²) >= 11 is 1.61. The molecule has 2 atom stereocenters. The molecule has 3 aromatic rings. The number of nitrogens with zero attached hydrogens (tertiary/aromatic N) is 2. The minimum absolute atomic E-state index is 0.0441. The Morgan fingerprint density at radius 3 is 2.48 bits per heavy atom. The molecule has 0 aliphatic carbocycles. The molecule has 1 N–H and O–H groups in total. The second kappa shape index (κ2) is 8.78. The van der Waals surface area contributed by atoms with Crippen molar-refractivity contribution in [2.75, 3.05) is 19.0 Å². The summed E-state index contributed by atoms with van der Waals surface area (Å²) in [5, 5.41) is 7.56. The molecular weight excluding hydrogens is 410 g/mol. The molecule has 0 saturated carbocycles. The summed E-state index contributed by atoms with van der Waals surface area (Å²) in [6, 6.07) is 15.4. The molecule has 1 aliphatic rings. The monoisotopic (exact) mass is 433 g/mol. The van der Waals surface area contributed by atoms with Crippen molar-refractivity contribution >= 4 is 23.5 Å². The predicted octanol–water partition coefficient (Wildman–Crippen LogP) is 4.36. The number of carbonyl (C=O) groups is 1. The van der Waals surface area contributed by atoms with Crippen molar-refractivity contribution in [2.45, 2.75) is 24.3 Å². The number of aryl methyl sites for hydroxylation is 1. The zero-order valence-corrected chi connectivity index (χ0v) is 18.4. The zero-order valence-electron chi connectivity index (χ0n) is 17.6. The molecule has 0 fully saturated rings. The molecule has 2 aromatic carbocycles. The molecule has 0 unspecified atom stereocenters. The summed E-state index contributed by atoms with van der Waals surface area (Å²) in [5.74, 6) is 4.60. The van der Waals surface area contributed by atoms with Crippen LogP contribution >= 0.6 is 11.8 Å². The smallest absolute Gasteiger partial charge is 0.238 e. The first-order valence-corrected chi connectivity index (χ1v) is 10.8. The molecule has 0 saturated heterocycles. The van der Waals surface area contributed by atoms with Gasteiger partial charge >= 0.3 is 0 Å². The number of rotatable bonds is 5. The maximum atomic E-state index is 12.8. The number of thioether (sulfide) groups is 1. The van der Waals surface area contributed by atoms with Crippen LogP contribution in [0.4, 0.5) is 5.82 Å². The Kier molecular flexibility index (Phi) is 5.92. The maximum absolute atomic E-state index is 12.8. The van der Waals surface area contributed by atoms with Crippen LogP contribution in [0.15, 0.2) is 48.5 Å². The van der Waals surface area contributed by atoms with Crippen LogP contribution in [0.3, 0.4) is 0 Å². The van der Waals surface area contributed by atoms with E-state index in [0.29, 0.717) is 11.6 Å². The minimum Gasteiger partial charge on any atom is -0.497 e. The molecule has 1 amide bonds. The van der Waals surface area contributed by atoms with Crippen molar-refractivity contribution in [3.05, 3.63) is 65.4 Å². The average molecular weight is 434 g/mol. The first kappa shape index (κ1) is 20.9. The van der Waals surface area contributed by atoms with E-state index < -0.39 is 0 Å². The molecule has 158 valence electrons. The van der Waals surface area contributed by atoms with E-state index in [9.17, 15) is 4.79 Å². The molecule has 2 heterocycles. The Hall–Kier alpha value is -3.37. The Labute approximate surface area is 185 Å². The Balaban J connectivity index is 1.78. The van der Waals surface area contributed by atoms with Gasteiger partial charge in [-0.3, -0.25) is 4.79 Å². The lowest BCUT2D eigenvalue weighted by Crippen LogP contribution is -2.22. The Morgan fingerprint density at radius 1 is 1.16 bits per heavy atom. The highest BCUT2D eigenvalue weighted by Gasteiger charge is 2.34. The van der Waals surface area contributed by atoms with Crippen molar-refractivity contribution in [1.29, 1.82) is 0 Å². The molecule has 1 aromatic heterocycles. The molecule has 7 heteroatoms. The van der Waals surface area contributed by atoms with Gasteiger partial charge in [-0.25, -0.2) is 4.68 Å². The predicted molar refractivity (Wildman–Crippen MR) is 123 cm³/mol. The zero-order chi connectivity index (χ0) is 22.0. The van der Waals surface area contributed by atoms with E-state index >= 15 is 0 Å². The second-order valence-corrected chi connectivity index (χ2v) is 8.62. The van der Waals surface area contributed by atoms with E-state index in [-0.39, 0.29) is 23.0 Å². The first-order chi connectivity index (χ1) is 15.0. The lowest BCUT2D eigenvalue weighted by molar-refractivity contribution is -0.115. The highest BCUT2D eigenvalue weighted by molar-refractivity contribution is 8.01. The third-order valence-corrected chi connectivity index (χ3v) is 6.54. The molecule has 0 radical (unpaired) electrons. The largest absolute Gasteiger partial charge is 0.497 e. The number of ether oxygens (including phenoxy) is 2. The summed E-state index contributed by atoms with van der Waals surface area (Å²) in [6.45, 7) is 4.12. The normalized spacial score (nSPS) is 17.8. The van der Waals surface area contributed by atoms with E-state index in [0.717, 1.165) is 28.3 Å². The summed E-state index contributed by atoms with van der Waals surface area (Å²) in [4.78, 5) is 12.8. The summed E-state index contributed by atoms with van der Waals surface area (Å²) in [7, 11) is 1.63. The highest BCUT2D eigenvalue weighted by atomic mass is 32.2. The van der Waals surface area contributed by atoms with Gasteiger partial charge in [0.2, 0.25) is 5.91 Å². The van der Waals surface area contributed by atoms with Gasteiger partial charge in [0.1, 0.15) is 23.9 Å². The lowest BCUT2D eigenvalue weighted by atomic mass is 10.0. The number of terminal acetylenes is 1. The number of hydrogen-bond donors (Lipinski definition) is 1. The molecule has 6 nitrogen and oxygen atoms in total. The molecule has 0 bridgehead atoms. The van der Waals surface area contributed by atoms with Crippen molar-refractivity contribution in [1.82, 2.24) is 9.78 Å². The van der Waals surface area contributed by atoms with Crippen LogP contribution in [-0.2, 0) is 4.79 Å². The summed E-state index contributed by atoms with van der Waals surface area (Å²) < 4.78 is 12.5. The maximum Gasteiger partial charge on any atom is 0.238 e. The van der Waals surface area contributed by atoms with Gasteiger partial charge in [-0.1, -0.05) is 18.1 Å². The van der Waals surface area contributed by atoms with Gasteiger partial charge < -0.3 is 14.8 Å². The number of nitrogens with one attached hydrogen (secondary N) is 1. The fraction of sp³-hybridized carbons (Fsp3) is 0.250. The van der Waals surface area contributed by atoms with E-state index in [4.69, 9.17) is 21.0 Å². The van der Waals surface area contributed by atoms with Crippen LogP contribution < -0.4 is 14.8 Å². The number of fused-ring (bicyclic) bond motifs is 1. The van der Waals surface area contributed by atoms with E-state index in [1.807, 2.05) is 62.4 Å². The van der Waals surface area contributed by atoms with Crippen LogP contribution in [0.1, 0.15) is 29.0 Å². The van der Waals surface area contributed by atoms with Gasteiger partial charge in [-0.2, -0.15) is 5.10 Å². The van der Waals surface area contributed by atoms with Crippen molar-refractivity contribution < 1.29 is 14.3 Å². The Morgan fingerprint density at radius 2 is 1.84 bits per heavy atom. The number of aromatic nitrogens is 2. The fourth-order valence-corrected chi connectivity index (χ4v) is 4.87. The van der Waals surface area contributed by atoms with Crippen molar-refractivity contribution in [2.24, 2.45) is 0 Å². The number of anilines is 1. The topological polar surface area (TPSA) is 65.4 Å². The van der Waals surface area contributed by atoms with Gasteiger partial charge in [-0.05, 0) is 55.8 Å². The van der Waals surface area contributed by atoms with Crippen LogP contribution in [0, 0.1) is 19.3 Å². The standard InChI is InChI=1S/C24H23N3O3S/c1-5-14-30-20-10-6-17(7-11-20)22-21-15(2)26-27(18-8-12-19(29-4)13-9-18)23(21)25-24(28)16(3)31-22/h1,6-13,16,22H,14H2,2-4H3,(H,25,28)/t16-,22-/m1/s1. The molecular formula is C24H23N3O3S. The average Bonchev–Trinajstić information content (AvgIpc) is 3.04. The molecule has 1 aliphatic heterocycles. The molecule has 31 heavy (non-hydrogen) atoms. The van der Waals surface area contributed by atoms with Gasteiger partial charge in [0.15, 0.2) is 0 Å². The number of carbonyl (C=O) groups excluding carboxylic acids is 1. The summed E-state index contributed by atoms with van der Waals surface area (Å²) in [5.41, 5.74) is 3.78. The van der Waals surface area contributed by atoms with Crippen molar-refractivity contribution in [3.8, 4) is 29.5 Å². The van der Waals surface area contributed by atoms with E-state index in [2.05, 4.69) is 11.2 Å². The quantitative estimate of drug-likeness (QED) is 0.606. The molecule has 4 rings (SSSR count). The third-order valence-electron chi connectivity index (χ3n) is 5.14. The minimum atomic E-state index is -0.224. The Bertz CT molecular complexity index is 1130. The summed E-state index contributed by atoms with van der Waals surface area (Å²) in [6.07, 6.45) is 5.27. The van der Waals surface area contributed by atoms with E-state index in [1.54, 1.807) is 23.6 Å². The van der Waals surface area contributed by atoms with Gasteiger partial charge in [-0.15, -0.1) is 18.2 Å². The van der Waals surface area contributed by atoms with Crippen molar-refractivity contribution in [3.63, 3.8) is 0 Å². The second-order valence-electron chi connectivity index (χ2n) is 7.17. The van der Waals surface area contributed by atoms with Gasteiger partial charge in [0.25, 0.3) is 0 Å². The van der Waals surface area contributed by atoms with E-state index in [1.165, 1.54) is 0 Å². The number of methoxy groups -OCH3 is 1. The molecule has 0 spiro atoms. The fourth-order valence-electron chi connectivity index (χ4n) is 3.55. The number of hydrogen-bond acceptors (Lipinski definition) is 5. The van der Waals surface area contributed by atoms with Crippen LogP contribution in [0.2, 0.25) is 0 Å².